The molecule has 3 nitrogen and oxygen atoms in total. The largest absolute Gasteiger partial charge is 0.497 e. The average molecular weight is 249 g/mol. The first-order valence-corrected chi connectivity index (χ1v) is 6.40. The van der Waals surface area contributed by atoms with Crippen LogP contribution in [0.5, 0.6) is 5.75 Å². The second kappa shape index (κ2) is 6.43. The van der Waals surface area contributed by atoms with Crippen LogP contribution in [0.15, 0.2) is 18.2 Å². The topological polar surface area (TPSA) is 52.3 Å². The van der Waals surface area contributed by atoms with E-state index in [1.54, 1.807) is 25.3 Å². The van der Waals surface area contributed by atoms with Crippen LogP contribution in [0.1, 0.15) is 44.0 Å². The summed E-state index contributed by atoms with van der Waals surface area (Å²) in [6.45, 7) is 6.44. The molecule has 1 atom stereocenters. The molecule has 1 aromatic carbocycles. The zero-order chi connectivity index (χ0) is 13.7. The van der Waals surface area contributed by atoms with Crippen LogP contribution >= 0.6 is 0 Å². The Morgan fingerprint density at radius 2 is 2.00 bits per heavy atom. The Morgan fingerprint density at radius 3 is 2.56 bits per heavy atom. The van der Waals surface area contributed by atoms with Crippen molar-refractivity contribution in [2.45, 2.75) is 33.6 Å². The van der Waals surface area contributed by atoms with E-state index in [4.69, 9.17) is 10.5 Å². The van der Waals surface area contributed by atoms with Crippen LogP contribution < -0.4 is 10.5 Å². The zero-order valence-electron chi connectivity index (χ0n) is 11.7. The van der Waals surface area contributed by atoms with Gasteiger partial charge in [-0.05, 0) is 36.5 Å². The van der Waals surface area contributed by atoms with E-state index in [1.165, 1.54) is 0 Å². The van der Waals surface area contributed by atoms with E-state index in [0.29, 0.717) is 35.3 Å². The van der Waals surface area contributed by atoms with Gasteiger partial charge >= 0.3 is 0 Å². The van der Waals surface area contributed by atoms with Crippen LogP contribution in [0.4, 0.5) is 5.69 Å². The SMILES string of the molecule is COc1ccc(N)c(C(=O)CC(C)CC(C)C)c1. The molecule has 0 spiro atoms. The van der Waals surface area contributed by atoms with Gasteiger partial charge in [-0.3, -0.25) is 4.79 Å². The summed E-state index contributed by atoms with van der Waals surface area (Å²) in [4.78, 5) is 12.2. The molecule has 100 valence electrons. The minimum absolute atomic E-state index is 0.0968. The lowest BCUT2D eigenvalue weighted by Crippen LogP contribution is -2.10. The summed E-state index contributed by atoms with van der Waals surface area (Å²) in [7, 11) is 1.58. The number of rotatable bonds is 6. The Morgan fingerprint density at radius 1 is 1.33 bits per heavy atom. The smallest absolute Gasteiger partial charge is 0.165 e. The van der Waals surface area contributed by atoms with Gasteiger partial charge in [-0.15, -0.1) is 0 Å². The lowest BCUT2D eigenvalue weighted by Gasteiger charge is -2.14. The van der Waals surface area contributed by atoms with Crippen molar-refractivity contribution < 1.29 is 9.53 Å². The van der Waals surface area contributed by atoms with Gasteiger partial charge in [-0.25, -0.2) is 0 Å². The predicted molar refractivity (Wildman–Crippen MR) is 75.0 cm³/mol. The Labute approximate surface area is 109 Å². The predicted octanol–water partition coefficient (Wildman–Crippen LogP) is 3.53. The molecule has 0 amide bonds. The van der Waals surface area contributed by atoms with Gasteiger partial charge in [0.15, 0.2) is 5.78 Å². The quantitative estimate of drug-likeness (QED) is 0.619. The van der Waals surface area contributed by atoms with Gasteiger partial charge in [-0.1, -0.05) is 20.8 Å². The number of Topliss-reactive ketones (excluding diaryl/α,β-unsaturated/α-hetero) is 1. The Balaban J connectivity index is 2.77. The molecule has 0 aliphatic carbocycles. The maximum atomic E-state index is 12.2. The lowest BCUT2D eigenvalue weighted by molar-refractivity contribution is 0.0960. The maximum absolute atomic E-state index is 12.2. The number of carbonyl (C=O) groups excluding carboxylic acids is 1. The first-order chi connectivity index (χ1) is 8.43. The number of nitrogen functional groups attached to an aromatic ring is 1. The van der Waals surface area contributed by atoms with Crippen molar-refractivity contribution in [3.05, 3.63) is 23.8 Å². The fourth-order valence-corrected chi connectivity index (χ4v) is 2.22. The fraction of sp³-hybridized carbons (Fsp3) is 0.533. The number of hydrogen-bond donors (Lipinski definition) is 1. The first kappa shape index (κ1) is 14.6. The molecule has 1 unspecified atom stereocenters. The van der Waals surface area contributed by atoms with Gasteiger partial charge in [0, 0.05) is 17.7 Å². The van der Waals surface area contributed by atoms with Crippen LogP contribution in [0.3, 0.4) is 0 Å². The van der Waals surface area contributed by atoms with Crippen LogP contribution in [0, 0.1) is 11.8 Å². The molecular weight excluding hydrogens is 226 g/mol. The molecule has 0 fully saturated rings. The summed E-state index contributed by atoms with van der Waals surface area (Å²) in [5.41, 5.74) is 6.95. The van der Waals surface area contributed by atoms with Crippen LogP contribution in [-0.4, -0.2) is 12.9 Å². The number of nitrogens with two attached hydrogens (primary N) is 1. The van der Waals surface area contributed by atoms with E-state index in [0.717, 1.165) is 6.42 Å². The van der Waals surface area contributed by atoms with Crippen molar-refractivity contribution in [2.75, 3.05) is 12.8 Å². The highest BCUT2D eigenvalue weighted by Gasteiger charge is 2.15. The third kappa shape index (κ3) is 4.06. The van der Waals surface area contributed by atoms with Crippen LogP contribution in [0.25, 0.3) is 0 Å². The summed E-state index contributed by atoms with van der Waals surface area (Å²) in [6.07, 6.45) is 1.59. The van der Waals surface area contributed by atoms with Gasteiger partial charge in [0.2, 0.25) is 0 Å². The third-order valence-corrected chi connectivity index (χ3v) is 2.97. The molecule has 0 bridgehead atoms. The third-order valence-electron chi connectivity index (χ3n) is 2.97. The van der Waals surface area contributed by atoms with E-state index < -0.39 is 0 Å². The first-order valence-electron chi connectivity index (χ1n) is 6.40. The van der Waals surface area contributed by atoms with Crippen molar-refractivity contribution in [1.82, 2.24) is 0 Å². The number of hydrogen-bond acceptors (Lipinski definition) is 3. The summed E-state index contributed by atoms with van der Waals surface area (Å²) in [6, 6.07) is 5.21. The zero-order valence-corrected chi connectivity index (χ0v) is 11.7. The molecule has 0 saturated carbocycles. The average Bonchev–Trinajstić information content (AvgIpc) is 2.28. The standard InChI is InChI=1S/C15H23NO2/c1-10(2)7-11(3)8-15(17)13-9-12(18-4)5-6-14(13)16/h5-6,9-11H,7-8,16H2,1-4H3. The van der Waals surface area contributed by atoms with Gasteiger partial charge in [0.25, 0.3) is 0 Å². The highest BCUT2D eigenvalue weighted by atomic mass is 16.5. The summed E-state index contributed by atoms with van der Waals surface area (Å²) in [5, 5.41) is 0. The van der Waals surface area contributed by atoms with Crippen LogP contribution in [0.2, 0.25) is 0 Å². The van der Waals surface area contributed by atoms with Gasteiger partial charge in [0.05, 0.1) is 7.11 Å². The minimum Gasteiger partial charge on any atom is -0.497 e. The summed E-state index contributed by atoms with van der Waals surface area (Å²) >= 11 is 0. The molecule has 1 aromatic rings. The molecule has 0 aliphatic heterocycles. The number of ether oxygens (including phenoxy) is 1. The van der Waals surface area contributed by atoms with Crippen molar-refractivity contribution in [1.29, 1.82) is 0 Å². The van der Waals surface area contributed by atoms with Gasteiger partial charge in [0.1, 0.15) is 5.75 Å². The number of anilines is 1. The number of methoxy groups -OCH3 is 1. The molecule has 0 radical (unpaired) electrons. The van der Waals surface area contributed by atoms with Gasteiger partial charge in [-0.2, -0.15) is 0 Å². The van der Waals surface area contributed by atoms with E-state index in [9.17, 15) is 4.79 Å². The number of benzene rings is 1. The molecule has 3 heteroatoms. The van der Waals surface area contributed by atoms with Crippen LogP contribution in [-0.2, 0) is 0 Å². The Hall–Kier alpha value is -1.51. The van der Waals surface area contributed by atoms with Gasteiger partial charge < -0.3 is 10.5 Å². The second-order valence-corrected chi connectivity index (χ2v) is 5.32. The summed E-state index contributed by atoms with van der Waals surface area (Å²) < 4.78 is 5.12. The molecular formula is C15H23NO2. The van der Waals surface area contributed by atoms with Crippen molar-refractivity contribution in [3.63, 3.8) is 0 Å². The fourth-order valence-electron chi connectivity index (χ4n) is 2.22. The van der Waals surface area contributed by atoms with Crippen molar-refractivity contribution in [3.8, 4) is 5.75 Å². The lowest BCUT2D eigenvalue weighted by atomic mass is 9.92. The molecule has 0 saturated heterocycles. The highest BCUT2D eigenvalue weighted by Crippen LogP contribution is 2.24. The normalized spacial score (nSPS) is 12.5. The number of ketones is 1. The molecule has 18 heavy (non-hydrogen) atoms. The van der Waals surface area contributed by atoms with Crippen molar-refractivity contribution in [2.24, 2.45) is 11.8 Å². The number of carbonyl (C=O) groups is 1. The minimum atomic E-state index is 0.0968. The molecule has 0 aliphatic rings. The second-order valence-electron chi connectivity index (χ2n) is 5.32. The monoisotopic (exact) mass is 249 g/mol. The van der Waals surface area contributed by atoms with E-state index >= 15 is 0 Å². The Bertz CT molecular complexity index is 413. The van der Waals surface area contributed by atoms with Crippen molar-refractivity contribution >= 4 is 11.5 Å². The molecule has 2 N–H and O–H groups in total. The van der Waals surface area contributed by atoms with E-state index in [2.05, 4.69) is 20.8 Å². The molecule has 0 heterocycles. The van der Waals surface area contributed by atoms with E-state index in [1.807, 2.05) is 0 Å². The summed E-state index contributed by atoms with van der Waals surface area (Å²) in [5.74, 6) is 1.75. The maximum Gasteiger partial charge on any atom is 0.165 e. The highest BCUT2D eigenvalue weighted by molar-refractivity contribution is 6.01. The Kier molecular flexibility index (Phi) is 5.20. The van der Waals surface area contributed by atoms with E-state index in [-0.39, 0.29) is 5.78 Å². The molecule has 1 rings (SSSR count). The molecule has 0 aromatic heterocycles.